The molecule has 92 valence electrons. The van der Waals surface area contributed by atoms with Gasteiger partial charge in [-0.1, -0.05) is 30.3 Å². The zero-order valence-electron chi connectivity index (χ0n) is 9.56. The number of hydrogen-bond acceptors (Lipinski definition) is 3. The van der Waals surface area contributed by atoms with Crippen molar-refractivity contribution in [3.8, 4) is 0 Å². The van der Waals surface area contributed by atoms with Crippen LogP contribution in [-0.4, -0.2) is 26.6 Å². The van der Waals surface area contributed by atoms with Gasteiger partial charge in [0.2, 0.25) is 0 Å². The molecule has 0 aliphatic carbocycles. The summed E-state index contributed by atoms with van der Waals surface area (Å²) < 4.78 is 1.28. The van der Waals surface area contributed by atoms with Crippen LogP contribution in [0.2, 0.25) is 0 Å². The topological polar surface area (TPSA) is 72.2 Å². The molecule has 1 heterocycles. The van der Waals surface area contributed by atoms with Crippen LogP contribution >= 0.6 is 0 Å². The Hall–Kier alpha value is -2.43. The summed E-state index contributed by atoms with van der Waals surface area (Å²) in [5.41, 5.74) is 0.510. The first-order valence-electron chi connectivity index (χ1n) is 5.48. The predicted octanol–water partition coefficient (Wildman–Crippen LogP) is 1.78. The minimum absolute atomic E-state index is 0.110. The second-order valence-corrected chi connectivity index (χ2v) is 3.83. The summed E-state index contributed by atoms with van der Waals surface area (Å²) in [6.07, 6.45) is 2.92. The lowest BCUT2D eigenvalue weighted by molar-refractivity contribution is -0.141. The van der Waals surface area contributed by atoms with E-state index in [0.29, 0.717) is 5.56 Å². The summed E-state index contributed by atoms with van der Waals surface area (Å²) in [4.78, 5) is 23.1. The number of benzene rings is 1. The zero-order chi connectivity index (χ0) is 13.0. The molecule has 0 amide bonds. The van der Waals surface area contributed by atoms with Crippen molar-refractivity contribution in [1.82, 2.24) is 9.78 Å². The molecule has 5 nitrogen and oxygen atoms in total. The van der Waals surface area contributed by atoms with E-state index < -0.39 is 12.0 Å². The third kappa shape index (κ3) is 2.63. The highest BCUT2D eigenvalue weighted by Crippen LogP contribution is 2.14. The van der Waals surface area contributed by atoms with Crippen LogP contribution in [0.3, 0.4) is 0 Å². The number of aromatic nitrogens is 2. The van der Waals surface area contributed by atoms with E-state index in [1.165, 1.54) is 17.1 Å². The van der Waals surface area contributed by atoms with Crippen molar-refractivity contribution in [2.24, 2.45) is 0 Å². The highest BCUT2D eigenvalue weighted by molar-refractivity contribution is 5.98. The first kappa shape index (κ1) is 12.0. The van der Waals surface area contributed by atoms with Crippen molar-refractivity contribution in [2.45, 2.75) is 12.5 Å². The highest BCUT2D eigenvalue weighted by atomic mass is 16.4. The molecule has 1 unspecified atom stereocenters. The van der Waals surface area contributed by atoms with Crippen LogP contribution in [0.5, 0.6) is 0 Å². The lowest BCUT2D eigenvalue weighted by Gasteiger charge is -2.11. The van der Waals surface area contributed by atoms with E-state index in [1.807, 2.05) is 0 Å². The molecule has 0 radical (unpaired) electrons. The van der Waals surface area contributed by atoms with Crippen LogP contribution in [0.1, 0.15) is 22.8 Å². The number of Topliss-reactive ketones (excluding diaryl/α,β-unsaturated/α-hetero) is 1. The van der Waals surface area contributed by atoms with Gasteiger partial charge in [-0.15, -0.1) is 0 Å². The number of aliphatic carboxylic acids is 1. The molecule has 0 saturated carbocycles. The Kier molecular flexibility index (Phi) is 3.52. The molecule has 5 heteroatoms. The maximum atomic E-state index is 12.0. The van der Waals surface area contributed by atoms with E-state index in [4.69, 9.17) is 5.11 Å². The average molecular weight is 244 g/mol. The highest BCUT2D eigenvalue weighted by Gasteiger charge is 2.23. The van der Waals surface area contributed by atoms with Gasteiger partial charge < -0.3 is 5.11 Å². The first-order chi connectivity index (χ1) is 8.68. The second kappa shape index (κ2) is 5.27. The second-order valence-electron chi connectivity index (χ2n) is 3.83. The summed E-state index contributed by atoms with van der Waals surface area (Å²) in [7, 11) is 0. The zero-order valence-corrected chi connectivity index (χ0v) is 9.56. The Labute approximate surface area is 104 Å². The van der Waals surface area contributed by atoms with Crippen LogP contribution in [0.15, 0.2) is 48.8 Å². The van der Waals surface area contributed by atoms with E-state index in [-0.39, 0.29) is 12.2 Å². The standard InChI is InChI=1S/C13H12N2O3/c16-12(10-5-2-1-3-6-10)9-11(13(17)18)15-8-4-7-14-15/h1-8,11H,9H2,(H,17,18). The van der Waals surface area contributed by atoms with Gasteiger partial charge in [-0.3, -0.25) is 9.48 Å². The molecule has 2 aromatic rings. The molecule has 0 saturated heterocycles. The van der Waals surface area contributed by atoms with Crippen LogP contribution in [0, 0.1) is 0 Å². The van der Waals surface area contributed by atoms with Gasteiger partial charge in [0.1, 0.15) is 0 Å². The van der Waals surface area contributed by atoms with Crippen molar-refractivity contribution in [3.63, 3.8) is 0 Å². The van der Waals surface area contributed by atoms with Crippen LogP contribution in [0.4, 0.5) is 0 Å². The third-order valence-electron chi connectivity index (χ3n) is 2.60. The number of carboxylic acids is 1. The number of carbonyl (C=O) groups is 2. The lowest BCUT2D eigenvalue weighted by Crippen LogP contribution is -2.22. The minimum Gasteiger partial charge on any atom is -0.480 e. The van der Waals surface area contributed by atoms with Crippen molar-refractivity contribution in [3.05, 3.63) is 54.4 Å². The maximum Gasteiger partial charge on any atom is 0.328 e. The molecule has 0 fully saturated rings. The first-order valence-corrected chi connectivity index (χ1v) is 5.48. The summed E-state index contributed by atoms with van der Waals surface area (Å²) in [6, 6.07) is 9.30. The van der Waals surface area contributed by atoms with Gasteiger partial charge in [0.25, 0.3) is 0 Å². The monoisotopic (exact) mass is 244 g/mol. The summed E-state index contributed by atoms with van der Waals surface area (Å²) in [5, 5.41) is 13.0. The molecular formula is C13H12N2O3. The molecule has 1 N–H and O–H groups in total. The maximum absolute atomic E-state index is 12.0. The smallest absolute Gasteiger partial charge is 0.328 e. The van der Waals surface area contributed by atoms with Gasteiger partial charge in [-0.05, 0) is 6.07 Å². The largest absolute Gasteiger partial charge is 0.480 e. The van der Waals surface area contributed by atoms with Crippen molar-refractivity contribution >= 4 is 11.8 Å². The van der Waals surface area contributed by atoms with Crippen LogP contribution < -0.4 is 0 Å². The SMILES string of the molecule is O=C(CC(C(=O)O)n1cccn1)c1ccccc1. The molecule has 1 atom stereocenters. The summed E-state index contributed by atoms with van der Waals surface area (Å²) >= 11 is 0. The summed E-state index contributed by atoms with van der Waals surface area (Å²) in [6.45, 7) is 0. The predicted molar refractivity (Wildman–Crippen MR) is 64.3 cm³/mol. The Morgan fingerprint density at radius 2 is 1.94 bits per heavy atom. The fourth-order valence-electron chi connectivity index (χ4n) is 1.68. The number of rotatable bonds is 5. The van der Waals surface area contributed by atoms with Gasteiger partial charge >= 0.3 is 5.97 Å². The Balaban J connectivity index is 2.16. The van der Waals surface area contributed by atoms with E-state index >= 15 is 0 Å². The van der Waals surface area contributed by atoms with E-state index in [0.717, 1.165) is 0 Å². The normalized spacial score (nSPS) is 12.0. The quantitative estimate of drug-likeness (QED) is 0.814. The number of carboxylic acid groups (broad SMARTS) is 1. The Morgan fingerprint density at radius 3 is 2.50 bits per heavy atom. The van der Waals surface area contributed by atoms with Crippen molar-refractivity contribution in [2.75, 3.05) is 0 Å². The molecule has 2 rings (SSSR count). The Morgan fingerprint density at radius 1 is 1.22 bits per heavy atom. The van der Waals surface area contributed by atoms with Crippen molar-refractivity contribution < 1.29 is 14.7 Å². The average Bonchev–Trinajstić information content (AvgIpc) is 2.90. The molecule has 18 heavy (non-hydrogen) atoms. The van der Waals surface area contributed by atoms with E-state index in [1.54, 1.807) is 36.4 Å². The fourth-order valence-corrected chi connectivity index (χ4v) is 1.68. The van der Waals surface area contributed by atoms with Crippen LogP contribution in [-0.2, 0) is 4.79 Å². The number of carbonyl (C=O) groups excluding carboxylic acids is 1. The third-order valence-corrected chi connectivity index (χ3v) is 2.60. The number of hydrogen-bond donors (Lipinski definition) is 1. The van der Waals surface area contributed by atoms with Gasteiger partial charge in [0, 0.05) is 24.4 Å². The van der Waals surface area contributed by atoms with Gasteiger partial charge in [-0.25, -0.2) is 4.79 Å². The number of ketones is 1. The molecule has 0 aliphatic heterocycles. The van der Waals surface area contributed by atoms with E-state index in [9.17, 15) is 9.59 Å². The lowest BCUT2D eigenvalue weighted by atomic mass is 10.0. The molecule has 0 bridgehead atoms. The Bertz CT molecular complexity index is 535. The van der Waals surface area contributed by atoms with Crippen molar-refractivity contribution in [1.29, 1.82) is 0 Å². The van der Waals surface area contributed by atoms with Gasteiger partial charge in [0.15, 0.2) is 11.8 Å². The van der Waals surface area contributed by atoms with E-state index in [2.05, 4.69) is 5.10 Å². The summed E-state index contributed by atoms with van der Waals surface area (Å²) in [5.74, 6) is -1.28. The fraction of sp³-hybridized carbons (Fsp3) is 0.154. The van der Waals surface area contributed by atoms with Gasteiger partial charge in [-0.2, -0.15) is 5.10 Å². The molecule has 0 aliphatic rings. The molecule has 1 aromatic carbocycles. The van der Waals surface area contributed by atoms with Crippen LogP contribution in [0.25, 0.3) is 0 Å². The molecular weight excluding hydrogens is 232 g/mol. The minimum atomic E-state index is -1.07. The van der Waals surface area contributed by atoms with Gasteiger partial charge in [0.05, 0.1) is 0 Å². The molecule has 1 aromatic heterocycles. The molecule has 0 spiro atoms. The number of nitrogens with zero attached hydrogens (tertiary/aromatic N) is 2.